The van der Waals surface area contributed by atoms with Gasteiger partial charge >= 0.3 is 0 Å². The average molecular weight is 266 g/mol. The summed E-state index contributed by atoms with van der Waals surface area (Å²) in [6.45, 7) is 2.17. The van der Waals surface area contributed by atoms with E-state index in [1.54, 1.807) is 0 Å². The second kappa shape index (κ2) is 7.44. The number of unbranched alkanes of at least 4 members (excludes halogenated alkanes) is 1. The van der Waals surface area contributed by atoms with E-state index in [0.717, 1.165) is 17.1 Å². The van der Waals surface area contributed by atoms with E-state index < -0.39 is 11.4 Å². The van der Waals surface area contributed by atoms with E-state index in [0.29, 0.717) is 6.42 Å². The first-order valence-electron chi connectivity index (χ1n) is 6.33. The van der Waals surface area contributed by atoms with Gasteiger partial charge < -0.3 is 11.5 Å². The summed E-state index contributed by atoms with van der Waals surface area (Å²) in [4.78, 5) is 11.6. The monoisotopic (exact) mass is 266 g/mol. The van der Waals surface area contributed by atoms with Crippen molar-refractivity contribution in [2.75, 3.05) is 11.5 Å². The highest BCUT2D eigenvalue weighted by Gasteiger charge is 2.33. The van der Waals surface area contributed by atoms with E-state index in [1.165, 1.54) is 12.8 Å². The van der Waals surface area contributed by atoms with Gasteiger partial charge in [0.1, 0.15) is 5.54 Å². The molecule has 1 aromatic rings. The van der Waals surface area contributed by atoms with Crippen molar-refractivity contribution in [3.05, 3.63) is 35.9 Å². The number of thioether (sulfide) groups is 1. The van der Waals surface area contributed by atoms with Gasteiger partial charge in [-0.1, -0.05) is 43.7 Å². The normalized spacial score (nSPS) is 14.1. The lowest BCUT2D eigenvalue weighted by molar-refractivity contribution is -0.123. The van der Waals surface area contributed by atoms with Gasteiger partial charge in [0, 0.05) is 0 Å². The number of nitrogens with two attached hydrogens (primary N) is 2. The Balaban J connectivity index is 2.62. The van der Waals surface area contributed by atoms with E-state index in [9.17, 15) is 4.79 Å². The van der Waals surface area contributed by atoms with Crippen LogP contribution in [0.2, 0.25) is 0 Å². The van der Waals surface area contributed by atoms with Crippen LogP contribution in [0.4, 0.5) is 0 Å². The predicted molar refractivity (Wildman–Crippen MR) is 78.4 cm³/mol. The zero-order chi connectivity index (χ0) is 13.4. The number of carbonyl (C=O) groups is 1. The van der Waals surface area contributed by atoms with Crippen molar-refractivity contribution in [3.8, 4) is 0 Å². The third-order valence-corrected chi connectivity index (χ3v) is 4.08. The molecule has 0 aliphatic rings. The minimum absolute atomic E-state index is 0.454. The molecule has 0 aliphatic heterocycles. The first-order valence-corrected chi connectivity index (χ1v) is 7.48. The SMILES string of the molecule is CCCCSCCC(N)(C(N)=O)c1ccccc1. The Bertz CT molecular complexity index is 369. The van der Waals surface area contributed by atoms with Gasteiger partial charge in [-0.2, -0.15) is 11.8 Å². The second-order valence-corrected chi connectivity index (χ2v) is 5.64. The summed E-state index contributed by atoms with van der Waals surface area (Å²) in [6.07, 6.45) is 2.97. The summed E-state index contributed by atoms with van der Waals surface area (Å²) < 4.78 is 0. The number of amides is 1. The molecule has 4 N–H and O–H groups in total. The maximum absolute atomic E-state index is 11.6. The minimum Gasteiger partial charge on any atom is -0.368 e. The summed E-state index contributed by atoms with van der Waals surface area (Å²) >= 11 is 1.83. The average Bonchev–Trinajstić information content (AvgIpc) is 2.39. The zero-order valence-corrected chi connectivity index (χ0v) is 11.7. The Morgan fingerprint density at radius 1 is 1.28 bits per heavy atom. The molecule has 0 aliphatic carbocycles. The van der Waals surface area contributed by atoms with Crippen molar-refractivity contribution < 1.29 is 4.79 Å². The first kappa shape index (κ1) is 15.1. The maximum Gasteiger partial charge on any atom is 0.242 e. The summed E-state index contributed by atoms with van der Waals surface area (Å²) in [7, 11) is 0. The number of primary amides is 1. The maximum atomic E-state index is 11.6. The van der Waals surface area contributed by atoms with Gasteiger partial charge in [0.25, 0.3) is 0 Å². The highest BCUT2D eigenvalue weighted by atomic mass is 32.2. The predicted octanol–water partition coefficient (Wildman–Crippen LogP) is 2.25. The van der Waals surface area contributed by atoms with Crippen molar-refractivity contribution in [1.29, 1.82) is 0 Å². The zero-order valence-electron chi connectivity index (χ0n) is 10.9. The largest absolute Gasteiger partial charge is 0.368 e. The molecular weight excluding hydrogens is 244 g/mol. The van der Waals surface area contributed by atoms with Crippen LogP contribution in [-0.4, -0.2) is 17.4 Å². The van der Waals surface area contributed by atoms with Crippen molar-refractivity contribution in [2.24, 2.45) is 11.5 Å². The molecule has 0 aromatic heterocycles. The molecule has 1 atom stereocenters. The van der Waals surface area contributed by atoms with E-state index >= 15 is 0 Å². The molecule has 1 aromatic carbocycles. The van der Waals surface area contributed by atoms with Crippen LogP contribution in [0.25, 0.3) is 0 Å². The Morgan fingerprint density at radius 3 is 2.50 bits per heavy atom. The molecule has 0 heterocycles. The van der Waals surface area contributed by atoms with Crippen molar-refractivity contribution in [3.63, 3.8) is 0 Å². The Kier molecular flexibility index (Phi) is 6.22. The van der Waals surface area contributed by atoms with Crippen molar-refractivity contribution in [1.82, 2.24) is 0 Å². The molecule has 0 bridgehead atoms. The van der Waals surface area contributed by atoms with Crippen LogP contribution in [0.15, 0.2) is 30.3 Å². The molecule has 1 rings (SSSR count). The molecule has 0 saturated carbocycles. The quantitative estimate of drug-likeness (QED) is 0.709. The van der Waals surface area contributed by atoms with Crippen molar-refractivity contribution >= 4 is 17.7 Å². The standard InChI is InChI=1S/C14H22N2OS/c1-2-3-10-18-11-9-14(16,13(15)17)12-7-5-4-6-8-12/h4-8H,2-3,9-11,16H2,1H3,(H2,15,17). The molecule has 0 spiro atoms. The van der Waals surface area contributed by atoms with E-state index in [4.69, 9.17) is 11.5 Å². The van der Waals surface area contributed by atoms with Gasteiger partial charge in [0.15, 0.2) is 0 Å². The van der Waals surface area contributed by atoms with Gasteiger partial charge in [-0.3, -0.25) is 4.79 Å². The molecule has 1 unspecified atom stereocenters. The molecule has 4 heteroatoms. The minimum atomic E-state index is -1.04. The molecule has 0 radical (unpaired) electrons. The van der Waals surface area contributed by atoms with Gasteiger partial charge in [0.2, 0.25) is 5.91 Å². The van der Waals surface area contributed by atoms with Crippen LogP contribution >= 0.6 is 11.8 Å². The third-order valence-electron chi connectivity index (χ3n) is 3.01. The number of hydrogen-bond donors (Lipinski definition) is 2. The first-order chi connectivity index (χ1) is 8.61. The van der Waals surface area contributed by atoms with Crippen LogP contribution in [-0.2, 0) is 10.3 Å². The molecule has 100 valence electrons. The molecule has 18 heavy (non-hydrogen) atoms. The van der Waals surface area contributed by atoms with Gasteiger partial charge in [-0.05, 0) is 29.9 Å². The summed E-state index contributed by atoms with van der Waals surface area (Å²) in [5.74, 6) is 1.51. The fourth-order valence-corrected chi connectivity index (χ4v) is 2.89. The number of carbonyl (C=O) groups excluding carboxylic acids is 1. The van der Waals surface area contributed by atoms with E-state index in [1.807, 2.05) is 42.1 Å². The summed E-state index contributed by atoms with van der Waals surface area (Å²) in [5.41, 5.74) is 11.4. The Hall–Kier alpha value is -1.00. The smallest absolute Gasteiger partial charge is 0.242 e. The molecule has 0 fully saturated rings. The van der Waals surface area contributed by atoms with Gasteiger partial charge in [-0.25, -0.2) is 0 Å². The lowest BCUT2D eigenvalue weighted by atomic mass is 9.88. The number of rotatable bonds is 8. The molecule has 3 nitrogen and oxygen atoms in total. The van der Waals surface area contributed by atoms with Crippen LogP contribution in [0, 0.1) is 0 Å². The van der Waals surface area contributed by atoms with Crippen LogP contribution < -0.4 is 11.5 Å². The topological polar surface area (TPSA) is 69.1 Å². The Labute approximate surface area is 113 Å². The number of hydrogen-bond acceptors (Lipinski definition) is 3. The fourth-order valence-electron chi connectivity index (χ4n) is 1.73. The highest BCUT2D eigenvalue weighted by Crippen LogP contribution is 2.24. The second-order valence-electron chi connectivity index (χ2n) is 4.42. The lowest BCUT2D eigenvalue weighted by Crippen LogP contribution is -2.49. The number of benzene rings is 1. The molecular formula is C14H22N2OS. The highest BCUT2D eigenvalue weighted by molar-refractivity contribution is 7.99. The molecule has 0 saturated heterocycles. The fraction of sp³-hybridized carbons (Fsp3) is 0.500. The van der Waals surface area contributed by atoms with Gasteiger partial charge in [-0.15, -0.1) is 0 Å². The summed E-state index contributed by atoms with van der Waals surface area (Å²) in [5, 5.41) is 0. The third kappa shape index (κ3) is 4.03. The Morgan fingerprint density at radius 2 is 1.94 bits per heavy atom. The molecule has 1 amide bonds. The van der Waals surface area contributed by atoms with Crippen LogP contribution in [0.1, 0.15) is 31.7 Å². The van der Waals surface area contributed by atoms with E-state index in [2.05, 4.69) is 6.92 Å². The van der Waals surface area contributed by atoms with Crippen LogP contribution in [0.5, 0.6) is 0 Å². The lowest BCUT2D eigenvalue weighted by Gasteiger charge is -2.26. The van der Waals surface area contributed by atoms with Gasteiger partial charge in [0.05, 0.1) is 0 Å². The van der Waals surface area contributed by atoms with Crippen molar-refractivity contribution in [2.45, 2.75) is 31.7 Å². The van der Waals surface area contributed by atoms with E-state index in [-0.39, 0.29) is 0 Å². The van der Waals surface area contributed by atoms with Crippen LogP contribution in [0.3, 0.4) is 0 Å². The summed E-state index contributed by atoms with van der Waals surface area (Å²) in [6, 6.07) is 9.39.